The van der Waals surface area contributed by atoms with E-state index in [4.69, 9.17) is 23.2 Å². The van der Waals surface area contributed by atoms with Crippen molar-refractivity contribution >= 4 is 46.3 Å². The van der Waals surface area contributed by atoms with Crippen LogP contribution in [0.15, 0.2) is 47.7 Å². The van der Waals surface area contributed by atoms with Crippen molar-refractivity contribution in [3.8, 4) is 0 Å². The first kappa shape index (κ1) is 25.7. The maximum atomic E-state index is 13.6. The Balaban J connectivity index is 1.92. The Kier molecular flexibility index (Phi) is 7.33. The molecule has 186 valence electrons. The number of amides is 1. The smallest absolute Gasteiger partial charge is 0.224 e. The lowest BCUT2D eigenvalue weighted by Crippen LogP contribution is -2.38. The normalized spacial score (nSPS) is 20.0. The third-order valence-corrected chi connectivity index (χ3v) is 7.48. The predicted octanol–water partition coefficient (Wildman–Crippen LogP) is 7.04. The molecular formula is C28H33Cl2N3O2. The molecule has 4 rings (SSSR count). The first-order valence-electron chi connectivity index (χ1n) is 12.1. The molecule has 0 radical (unpaired) electrons. The van der Waals surface area contributed by atoms with Crippen molar-refractivity contribution in [2.75, 3.05) is 10.2 Å². The minimum Gasteiger partial charge on any atom is -0.357 e. The number of nitrogens with zero attached hydrogens (tertiary/aromatic N) is 1. The SMILES string of the molecule is CCC(C)NCc1ccc2c(c1)NC1=C(C(=O)CC(C)(C)C1)C(c1ccc(Cl)cc1Cl)N2C(C)=O. The molecule has 1 heterocycles. The minimum absolute atomic E-state index is 0.0254. The van der Waals surface area contributed by atoms with E-state index in [1.807, 2.05) is 18.2 Å². The largest absolute Gasteiger partial charge is 0.357 e. The highest BCUT2D eigenvalue weighted by Gasteiger charge is 2.43. The van der Waals surface area contributed by atoms with Crippen molar-refractivity contribution in [2.24, 2.45) is 5.41 Å². The van der Waals surface area contributed by atoms with Crippen molar-refractivity contribution in [1.82, 2.24) is 5.32 Å². The summed E-state index contributed by atoms with van der Waals surface area (Å²) in [6, 6.07) is 11.1. The van der Waals surface area contributed by atoms with Gasteiger partial charge in [-0.15, -0.1) is 0 Å². The van der Waals surface area contributed by atoms with Gasteiger partial charge in [0.15, 0.2) is 5.78 Å². The number of Topliss-reactive ketones (excluding diaryl/α,β-unsaturated/α-hetero) is 1. The fraction of sp³-hybridized carbons (Fsp3) is 0.429. The van der Waals surface area contributed by atoms with E-state index in [-0.39, 0.29) is 17.1 Å². The molecule has 2 aromatic carbocycles. The fourth-order valence-electron chi connectivity index (χ4n) is 5.00. The van der Waals surface area contributed by atoms with Gasteiger partial charge in [-0.1, -0.05) is 56.1 Å². The molecule has 0 spiro atoms. The van der Waals surface area contributed by atoms with Crippen LogP contribution in [0, 0.1) is 5.41 Å². The van der Waals surface area contributed by atoms with Crippen LogP contribution in [0.2, 0.25) is 10.0 Å². The second-order valence-electron chi connectivity index (χ2n) is 10.5. The second kappa shape index (κ2) is 9.96. The number of rotatable bonds is 5. The molecule has 2 aromatic rings. The van der Waals surface area contributed by atoms with Gasteiger partial charge in [0.2, 0.25) is 5.91 Å². The first-order valence-corrected chi connectivity index (χ1v) is 12.9. The van der Waals surface area contributed by atoms with Crippen LogP contribution in [-0.4, -0.2) is 17.7 Å². The zero-order chi connectivity index (χ0) is 25.5. The Morgan fingerprint density at radius 1 is 1.20 bits per heavy atom. The molecule has 0 bridgehead atoms. The Labute approximate surface area is 217 Å². The van der Waals surface area contributed by atoms with Gasteiger partial charge in [0.25, 0.3) is 0 Å². The number of halogens is 2. The van der Waals surface area contributed by atoms with E-state index >= 15 is 0 Å². The molecule has 0 saturated carbocycles. The van der Waals surface area contributed by atoms with Gasteiger partial charge in [0.05, 0.1) is 17.4 Å². The molecule has 0 saturated heterocycles. The molecule has 1 amide bonds. The highest BCUT2D eigenvalue weighted by atomic mass is 35.5. The molecule has 2 N–H and O–H groups in total. The molecule has 2 atom stereocenters. The Morgan fingerprint density at radius 2 is 1.94 bits per heavy atom. The Morgan fingerprint density at radius 3 is 2.60 bits per heavy atom. The summed E-state index contributed by atoms with van der Waals surface area (Å²) in [5, 5.41) is 8.03. The van der Waals surface area contributed by atoms with Gasteiger partial charge in [-0.05, 0) is 60.6 Å². The van der Waals surface area contributed by atoms with Crippen molar-refractivity contribution < 1.29 is 9.59 Å². The lowest BCUT2D eigenvalue weighted by molar-refractivity contribution is -0.118. The Hall–Kier alpha value is -2.34. The van der Waals surface area contributed by atoms with E-state index in [9.17, 15) is 9.59 Å². The third kappa shape index (κ3) is 5.28. The molecule has 35 heavy (non-hydrogen) atoms. The topological polar surface area (TPSA) is 61.4 Å². The zero-order valence-electron chi connectivity index (χ0n) is 21.0. The number of allylic oxidation sites excluding steroid dienone is 1. The summed E-state index contributed by atoms with van der Waals surface area (Å²) in [5.74, 6) is -0.140. The number of hydrogen-bond acceptors (Lipinski definition) is 4. The average Bonchev–Trinajstić information content (AvgIpc) is 2.90. The molecule has 1 aliphatic carbocycles. The fourth-order valence-corrected chi connectivity index (χ4v) is 5.52. The van der Waals surface area contributed by atoms with Crippen LogP contribution >= 0.6 is 23.2 Å². The van der Waals surface area contributed by atoms with Crippen LogP contribution in [0.25, 0.3) is 0 Å². The number of benzene rings is 2. The second-order valence-corrected chi connectivity index (χ2v) is 11.3. The Bertz CT molecular complexity index is 1200. The zero-order valence-corrected chi connectivity index (χ0v) is 22.5. The van der Waals surface area contributed by atoms with E-state index in [2.05, 4.69) is 44.4 Å². The van der Waals surface area contributed by atoms with E-state index in [1.165, 1.54) is 6.92 Å². The van der Waals surface area contributed by atoms with Crippen molar-refractivity contribution in [1.29, 1.82) is 0 Å². The van der Waals surface area contributed by atoms with Gasteiger partial charge in [-0.2, -0.15) is 0 Å². The predicted molar refractivity (Wildman–Crippen MR) is 144 cm³/mol. The van der Waals surface area contributed by atoms with Crippen LogP contribution in [0.4, 0.5) is 11.4 Å². The number of nitrogens with one attached hydrogen (secondary N) is 2. The summed E-state index contributed by atoms with van der Waals surface area (Å²) in [7, 11) is 0. The number of carbonyl (C=O) groups excluding carboxylic acids is 2. The van der Waals surface area contributed by atoms with Gasteiger partial charge < -0.3 is 10.6 Å². The molecule has 5 nitrogen and oxygen atoms in total. The van der Waals surface area contributed by atoms with E-state index in [0.29, 0.717) is 46.6 Å². The third-order valence-electron chi connectivity index (χ3n) is 6.92. The van der Waals surface area contributed by atoms with Crippen LogP contribution in [0.5, 0.6) is 0 Å². The van der Waals surface area contributed by atoms with E-state index in [1.54, 1.807) is 17.0 Å². The molecule has 0 aromatic heterocycles. The van der Waals surface area contributed by atoms with Crippen LogP contribution in [0.1, 0.15) is 71.0 Å². The lowest BCUT2D eigenvalue weighted by atomic mass is 9.73. The quantitative estimate of drug-likeness (QED) is 0.449. The molecule has 7 heteroatoms. The standard InChI is InChI=1S/C28H33Cl2N3O2/c1-6-16(2)31-15-18-7-10-24-22(11-18)32-23-13-28(4,5)14-25(35)26(23)27(33(24)17(3)34)20-9-8-19(29)12-21(20)30/h7-12,16,27,31-32H,6,13-15H2,1-5H3. The maximum absolute atomic E-state index is 13.6. The lowest BCUT2D eigenvalue weighted by Gasteiger charge is -2.37. The van der Waals surface area contributed by atoms with Gasteiger partial charge in [-0.25, -0.2) is 0 Å². The van der Waals surface area contributed by atoms with Crippen LogP contribution in [0.3, 0.4) is 0 Å². The maximum Gasteiger partial charge on any atom is 0.224 e. The molecule has 2 unspecified atom stereocenters. The summed E-state index contributed by atoms with van der Waals surface area (Å²) in [4.78, 5) is 28.5. The van der Waals surface area contributed by atoms with Crippen LogP contribution < -0.4 is 15.5 Å². The van der Waals surface area contributed by atoms with Crippen molar-refractivity contribution in [2.45, 2.75) is 72.5 Å². The first-order chi connectivity index (χ1) is 16.5. The van der Waals surface area contributed by atoms with Crippen LogP contribution in [-0.2, 0) is 16.1 Å². The molecule has 0 fully saturated rings. The van der Waals surface area contributed by atoms with Gasteiger partial charge >= 0.3 is 0 Å². The van der Waals surface area contributed by atoms with Gasteiger partial charge in [-0.3, -0.25) is 14.5 Å². The molecular weight excluding hydrogens is 481 g/mol. The molecule has 1 aliphatic heterocycles. The van der Waals surface area contributed by atoms with E-state index < -0.39 is 6.04 Å². The average molecular weight is 514 g/mol. The summed E-state index contributed by atoms with van der Waals surface area (Å²) in [6.07, 6.45) is 2.13. The highest BCUT2D eigenvalue weighted by Crippen LogP contribution is 2.49. The summed E-state index contributed by atoms with van der Waals surface area (Å²) in [5.41, 5.74) is 4.57. The number of anilines is 2. The highest BCUT2D eigenvalue weighted by molar-refractivity contribution is 6.35. The number of carbonyl (C=O) groups is 2. The number of ketones is 1. The summed E-state index contributed by atoms with van der Waals surface area (Å²) in [6.45, 7) is 10.8. The summed E-state index contributed by atoms with van der Waals surface area (Å²) >= 11 is 12.9. The minimum atomic E-state index is -0.645. The number of hydrogen-bond donors (Lipinski definition) is 2. The summed E-state index contributed by atoms with van der Waals surface area (Å²) < 4.78 is 0. The van der Waals surface area contributed by atoms with Gasteiger partial charge in [0.1, 0.15) is 0 Å². The molecule has 2 aliphatic rings. The number of fused-ring (bicyclic) bond motifs is 1. The van der Waals surface area contributed by atoms with Crippen molar-refractivity contribution in [3.05, 3.63) is 68.8 Å². The van der Waals surface area contributed by atoms with Crippen molar-refractivity contribution in [3.63, 3.8) is 0 Å². The monoisotopic (exact) mass is 513 g/mol. The van der Waals surface area contributed by atoms with Gasteiger partial charge in [0, 0.05) is 47.2 Å². The van der Waals surface area contributed by atoms with E-state index in [0.717, 1.165) is 29.1 Å².